The number of sulfonamides is 1. The zero-order valence-electron chi connectivity index (χ0n) is 35.7. The van der Waals surface area contributed by atoms with Crippen LogP contribution < -0.4 is 20.1 Å². The summed E-state index contributed by atoms with van der Waals surface area (Å²) in [6.07, 6.45) is 11.2. The highest BCUT2D eigenvalue weighted by Gasteiger charge is 2.62. The summed E-state index contributed by atoms with van der Waals surface area (Å²) in [4.78, 5) is 68.3. The van der Waals surface area contributed by atoms with Crippen LogP contribution in [-0.2, 0) is 34.6 Å². The number of aromatic nitrogens is 2. The second-order valence-corrected chi connectivity index (χ2v) is 21.0. The molecule has 5 aliphatic rings. The number of hydrogen-bond donors (Lipinski definition) is 3. The zero-order chi connectivity index (χ0) is 43.4. The highest BCUT2D eigenvalue weighted by molar-refractivity contribution is 7.91. The molecule has 4 aromatic rings. The molecule has 4 amide bonds. The third-order valence-corrected chi connectivity index (χ3v) is 15.2. The van der Waals surface area contributed by atoms with Crippen LogP contribution in [0.3, 0.4) is 0 Å². The van der Waals surface area contributed by atoms with Gasteiger partial charge in [-0.1, -0.05) is 95.0 Å². The molecule has 62 heavy (non-hydrogen) atoms. The fourth-order valence-electron chi connectivity index (χ4n) is 9.38. The summed E-state index contributed by atoms with van der Waals surface area (Å²) < 4.78 is 41.3. The molecule has 14 nitrogen and oxygen atoms in total. The van der Waals surface area contributed by atoms with Gasteiger partial charge in [0.15, 0.2) is 5.82 Å². The number of para-hydroxylation sites is 1. The standard InChI is InChI=1S/C47H56N6O8S/c1-46(2,3)30-21-19-28(20-22-30)40-49-38-34-16-11-12-18-37(34)61-39(38)43(50-40)60-32-25-36-42(55)51-47(45(57)52-62(58,59)33-23-24-33)26-31(47)15-7-5-4-6-8-17-35(44(56)53(36)27-32)48-41(54)29-13-9-10-14-29/h7,11-12,15-16,18-22,29,31-33,35-36H,4-6,8-10,13-14,17,23-27H2,1-3H3,(H,48,54)(H,51,55)(H,52,57)/t31-,32-,35+,36+,47-/m1/s1. The fourth-order valence-corrected chi connectivity index (χ4v) is 10.7. The summed E-state index contributed by atoms with van der Waals surface area (Å²) in [6.45, 7) is 6.42. The molecule has 3 aliphatic carbocycles. The lowest BCUT2D eigenvalue weighted by atomic mass is 9.87. The van der Waals surface area contributed by atoms with E-state index in [9.17, 15) is 27.6 Å². The molecule has 2 aromatic heterocycles. The number of fused-ring (bicyclic) bond motifs is 5. The van der Waals surface area contributed by atoms with Crippen LogP contribution in [0.2, 0.25) is 0 Å². The van der Waals surface area contributed by atoms with E-state index < -0.39 is 62.6 Å². The minimum atomic E-state index is -3.91. The number of furan rings is 1. The second-order valence-electron chi connectivity index (χ2n) is 19.0. The molecule has 2 aliphatic heterocycles. The van der Waals surface area contributed by atoms with Gasteiger partial charge in [-0.3, -0.25) is 23.9 Å². The normalized spacial score (nSPS) is 26.3. The van der Waals surface area contributed by atoms with Crippen molar-refractivity contribution in [2.24, 2.45) is 11.8 Å². The van der Waals surface area contributed by atoms with Gasteiger partial charge in [-0.2, -0.15) is 4.98 Å². The molecule has 5 atom stereocenters. The number of rotatable bonds is 8. The molecule has 4 heterocycles. The highest BCUT2D eigenvalue weighted by Crippen LogP contribution is 2.46. The molecule has 3 N–H and O–H groups in total. The minimum absolute atomic E-state index is 0.0212. The molecule has 328 valence electrons. The van der Waals surface area contributed by atoms with Gasteiger partial charge in [-0.25, -0.2) is 13.4 Å². The predicted molar refractivity (Wildman–Crippen MR) is 233 cm³/mol. The molecule has 0 radical (unpaired) electrons. The summed E-state index contributed by atoms with van der Waals surface area (Å²) >= 11 is 0. The van der Waals surface area contributed by atoms with Crippen LogP contribution in [0.5, 0.6) is 5.88 Å². The number of allylic oxidation sites excluding steroid dienone is 1. The number of nitrogens with one attached hydrogen (secondary N) is 3. The molecule has 0 unspecified atom stereocenters. The van der Waals surface area contributed by atoms with Crippen molar-refractivity contribution >= 4 is 55.7 Å². The number of hydrogen-bond acceptors (Lipinski definition) is 10. The molecule has 0 bridgehead atoms. The number of carbonyl (C=O) groups excluding carboxylic acids is 4. The predicted octanol–water partition coefficient (Wildman–Crippen LogP) is 6.37. The van der Waals surface area contributed by atoms with Crippen molar-refractivity contribution < 1.29 is 36.7 Å². The first kappa shape index (κ1) is 42.0. The van der Waals surface area contributed by atoms with Crippen LogP contribution in [-0.4, -0.2) is 82.4 Å². The first-order valence-electron chi connectivity index (χ1n) is 22.3. The lowest BCUT2D eigenvalue weighted by Gasteiger charge is -2.30. The number of carbonyl (C=O) groups is 4. The Morgan fingerprint density at radius 2 is 1.68 bits per heavy atom. The molecule has 2 aromatic carbocycles. The Labute approximate surface area is 362 Å². The molecule has 9 rings (SSSR count). The Bertz CT molecular complexity index is 2540. The minimum Gasteiger partial charge on any atom is -0.470 e. The van der Waals surface area contributed by atoms with Crippen LogP contribution in [0, 0.1) is 11.8 Å². The molecule has 1 saturated heterocycles. The Balaban J connectivity index is 1.06. The number of benzene rings is 2. The third kappa shape index (κ3) is 8.44. The Kier molecular flexibility index (Phi) is 11.1. The van der Waals surface area contributed by atoms with E-state index in [-0.39, 0.29) is 42.5 Å². The van der Waals surface area contributed by atoms with Gasteiger partial charge < -0.3 is 24.7 Å². The molecular formula is C47H56N6O8S. The van der Waals surface area contributed by atoms with E-state index in [0.29, 0.717) is 48.2 Å². The molecular weight excluding hydrogens is 809 g/mol. The average molecular weight is 865 g/mol. The van der Waals surface area contributed by atoms with Gasteiger partial charge in [0.1, 0.15) is 34.8 Å². The summed E-state index contributed by atoms with van der Waals surface area (Å²) in [6, 6.07) is 13.6. The summed E-state index contributed by atoms with van der Waals surface area (Å²) in [5.41, 5.74) is 1.82. The van der Waals surface area contributed by atoms with Gasteiger partial charge in [0.05, 0.1) is 11.8 Å². The van der Waals surface area contributed by atoms with Crippen LogP contribution >= 0.6 is 0 Å². The van der Waals surface area contributed by atoms with Gasteiger partial charge in [-0.05, 0) is 74.5 Å². The zero-order valence-corrected chi connectivity index (χ0v) is 36.5. The number of ether oxygens (including phenoxy) is 1. The molecule has 4 fully saturated rings. The van der Waals surface area contributed by atoms with Crippen molar-refractivity contribution in [3.8, 4) is 17.3 Å². The van der Waals surface area contributed by atoms with Gasteiger partial charge in [0.25, 0.3) is 11.8 Å². The van der Waals surface area contributed by atoms with Crippen molar-refractivity contribution in [3.05, 3.63) is 66.2 Å². The fraction of sp³-hybridized carbons (Fsp3) is 0.532. The van der Waals surface area contributed by atoms with E-state index in [1.54, 1.807) is 0 Å². The summed E-state index contributed by atoms with van der Waals surface area (Å²) in [5.74, 6) is -1.98. The average Bonchev–Trinajstić information content (AvgIpc) is 4.03. The van der Waals surface area contributed by atoms with E-state index in [2.05, 4.69) is 48.3 Å². The maximum Gasteiger partial charge on any atom is 0.262 e. The lowest BCUT2D eigenvalue weighted by Crippen LogP contribution is -2.58. The SMILES string of the molecule is CC(C)(C)c1ccc(-c2nc(O[C@@H]3C[C@H]4C(=O)N[C@]5(C(=O)NS(=O)(=O)C6CC6)C[C@H]5C=CCCCCC[C@H](NC(=O)C5CCCC5)C(=O)N4C3)c3oc4ccccc4c3n2)cc1. The largest absolute Gasteiger partial charge is 0.470 e. The lowest BCUT2D eigenvalue weighted by molar-refractivity contribution is -0.143. The quantitative estimate of drug-likeness (QED) is 0.168. The van der Waals surface area contributed by atoms with Crippen LogP contribution in [0.15, 0.2) is 65.1 Å². The third-order valence-electron chi connectivity index (χ3n) is 13.4. The van der Waals surface area contributed by atoms with E-state index in [0.717, 1.165) is 61.5 Å². The maximum atomic E-state index is 14.9. The van der Waals surface area contributed by atoms with Gasteiger partial charge >= 0.3 is 0 Å². The van der Waals surface area contributed by atoms with Gasteiger partial charge in [-0.15, -0.1) is 0 Å². The first-order valence-corrected chi connectivity index (χ1v) is 23.9. The number of amides is 4. The Morgan fingerprint density at radius 3 is 2.42 bits per heavy atom. The Morgan fingerprint density at radius 1 is 0.935 bits per heavy atom. The van der Waals surface area contributed by atoms with Gasteiger partial charge in [0.2, 0.25) is 33.3 Å². The van der Waals surface area contributed by atoms with Crippen molar-refractivity contribution in [3.63, 3.8) is 0 Å². The number of nitrogens with zero attached hydrogens (tertiary/aromatic N) is 3. The topological polar surface area (TPSA) is 190 Å². The smallest absolute Gasteiger partial charge is 0.262 e. The van der Waals surface area contributed by atoms with E-state index in [4.69, 9.17) is 19.1 Å². The second kappa shape index (κ2) is 16.4. The summed E-state index contributed by atoms with van der Waals surface area (Å²) in [5, 5.41) is 6.16. The van der Waals surface area contributed by atoms with E-state index >= 15 is 0 Å². The van der Waals surface area contributed by atoms with Crippen molar-refractivity contribution in [2.45, 2.75) is 139 Å². The van der Waals surface area contributed by atoms with Gasteiger partial charge in [0, 0.05) is 29.2 Å². The Hall–Kier alpha value is -5.31. The van der Waals surface area contributed by atoms with Crippen molar-refractivity contribution in [1.29, 1.82) is 0 Å². The summed E-state index contributed by atoms with van der Waals surface area (Å²) in [7, 11) is -3.91. The van der Waals surface area contributed by atoms with Crippen molar-refractivity contribution in [2.75, 3.05) is 6.54 Å². The van der Waals surface area contributed by atoms with E-state index in [1.165, 1.54) is 4.90 Å². The first-order chi connectivity index (χ1) is 29.7. The molecule has 0 spiro atoms. The highest BCUT2D eigenvalue weighted by atomic mass is 32.2. The van der Waals surface area contributed by atoms with Crippen LogP contribution in [0.25, 0.3) is 33.5 Å². The van der Waals surface area contributed by atoms with Crippen molar-refractivity contribution in [1.82, 2.24) is 30.2 Å². The maximum absolute atomic E-state index is 14.9. The van der Waals surface area contributed by atoms with Crippen LogP contribution in [0.4, 0.5) is 0 Å². The molecule has 3 saturated carbocycles. The molecule has 15 heteroatoms. The monoisotopic (exact) mass is 864 g/mol. The van der Waals surface area contributed by atoms with E-state index in [1.807, 2.05) is 48.6 Å². The van der Waals surface area contributed by atoms with Crippen LogP contribution in [0.1, 0.15) is 110 Å².